The van der Waals surface area contributed by atoms with Gasteiger partial charge >= 0.3 is 0 Å². The lowest BCUT2D eigenvalue weighted by Crippen LogP contribution is -2.14. The van der Waals surface area contributed by atoms with E-state index in [1.807, 2.05) is 0 Å². The maximum absolute atomic E-state index is 10.9. The summed E-state index contributed by atoms with van der Waals surface area (Å²) in [6.07, 6.45) is 0. The minimum atomic E-state index is -1.53. The van der Waals surface area contributed by atoms with Crippen molar-refractivity contribution in [3.63, 3.8) is 0 Å². The van der Waals surface area contributed by atoms with Gasteiger partial charge in [0.15, 0.2) is 0 Å². The van der Waals surface area contributed by atoms with Crippen molar-refractivity contribution in [3.8, 4) is 12.1 Å². The van der Waals surface area contributed by atoms with Crippen LogP contribution in [-0.4, -0.2) is 10.8 Å². The lowest BCUT2D eigenvalue weighted by molar-refractivity contribution is 0.108. The number of nitriles is 2. The van der Waals surface area contributed by atoms with Gasteiger partial charge in [-0.25, -0.2) is 0 Å². The number of hydrogen-bond donors (Lipinski definition) is 0. The Balaban J connectivity index is 3.02. The van der Waals surface area contributed by atoms with Crippen LogP contribution in [0.15, 0.2) is 34.5 Å². The number of azo groups is 1. The lowest BCUT2D eigenvalue weighted by atomic mass is 10.1. The summed E-state index contributed by atoms with van der Waals surface area (Å²) in [5.74, 6) is 0. The topological polar surface area (TPSA) is 89.4 Å². The smallest absolute Gasteiger partial charge is 0.252 e. The first-order valence-corrected chi connectivity index (χ1v) is 4.94. The first-order valence-electron chi connectivity index (χ1n) is 4.56. The Morgan fingerprint density at radius 1 is 1.41 bits per heavy atom. The van der Waals surface area contributed by atoms with E-state index in [0.717, 1.165) is 0 Å². The van der Waals surface area contributed by atoms with Crippen LogP contribution in [0, 0.1) is 22.7 Å². The Kier molecular flexibility index (Phi) is 3.92. The summed E-state index contributed by atoms with van der Waals surface area (Å²) in [7, 11) is 0. The van der Waals surface area contributed by atoms with Crippen LogP contribution < -0.4 is 0 Å². The zero-order valence-corrected chi connectivity index (χ0v) is 9.64. The molecule has 0 unspecified atom stereocenters. The van der Waals surface area contributed by atoms with Gasteiger partial charge in [0.25, 0.3) is 5.24 Å². The average molecular weight is 247 g/mol. The molecule has 1 aromatic carbocycles. The maximum atomic E-state index is 10.9. The zero-order chi connectivity index (χ0) is 12.9. The molecule has 6 heteroatoms. The molecule has 0 bridgehead atoms. The van der Waals surface area contributed by atoms with Crippen molar-refractivity contribution in [2.75, 3.05) is 0 Å². The van der Waals surface area contributed by atoms with Crippen molar-refractivity contribution in [2.24, 2.45) is 10.2 Å². The van der Waals surface area contributed by atoms with E-state index < -0.39 is 10.8 Å². The third-order valence-corrected chi connectivity index (χ3v) is 2.09. The molecule has 0 aliphatic rings. The summed E-state index contributed by atoms with van der Waals surface area (Å²) < 4.78 is 0. The summed E-state index contributed by atoms with van der Waals surface area (Å²) in [4.78, 5) is 10.9. The number of carbonyl (C=O) groups is 1. The van der Waals surface area contributed by atoms with Crippen molar-refractivity contribution >= 4 is 22.5 Å². The van der Waals surface area contributed by atoms with E-state index in [1.165, 1.54) is 19.1 Å². The molecule has 0 radical (unpaired) electrons. The van der Waals surface area contributed by atoms with Gasteiger partial charge in [-0.2, -0.15) is 20.8 Å². The second-order valence-electron chi connectivity index (χ2n) is 3.32. The van der Waals surface area contributed by atoms with Crippen LogP contribution in [0.2, 0.25) is 0 Å². The lowest BCUT2D eigenvalue weighted by Gasteiger charge is -2.02. The van der Waals surface area contributed by atoms with Crippen LogP contribution in [0.3, 0.4) is 0 Å². The number of hydrogen-bond acceptors (Lipinski definition) is 5. The molecule has 0 aliphatic carbocycles. The monoisotopic (exact) mass is 246 g/mol. The van der Waals surface area contributed by atoms with Crippen LogP contribution in [0.25, 0.3) is 0 Å². The van der Waals surface area contributed by atoms with Crippen LogP contribution in [0.5, 0.6) is 0 Å². The number of benzene rings is 1. The van der Waals surface area contributed by atoms with Crippen LogP contribution >= 0.6 is 11.6 Å². The fraction of sp³-hybridized carbons (Fsp3) is 0.182. The van der Waals surface area contributed by atoms with E-state index in [2.05, 4.69) is 10.2 Å². The molecule has 17 heavy (non-hydrogen) atoms. The molecule has 0 saturated carbocycles. The van der Waals surface area contributed by atoms with Crippen molar-refractivity contribution < 1.29 is 4.79 Å². The van der Waals surface area contributed by atoms with Gasteiger partial charge in [-0.05, 0) is 36.7 Å². The van der Waals surface area contributed by atoms with Crippen molar-refractivity contribution in [1.82, 2.24) is 0 Å². The quantitative estimate of drug-likeness (QED) is 0.606. The Labute approximate surface area is 103 Å². The Hall–Kier alpha value is -2.24. The van der Waals surface area contributed by atoms with E-state index in [-0.39, 0.29) is 5.56 Å². The number of carbonyl (C=O) groups excluding carboxylic acids is 1. The molecule has 1 rings (SSSR count). The molecule has 1 aromatic rings. The van der Waals surface area contributed by atoms with Crippen molar-refractivity contribution in [3.05, 3.63) is 29.8 Å². The van der Waals surface area contributed by atoms with Gasteiger partial charge in [0.05, 0.1) is 5.69 Å². The average Bonchev–Trinajstić information content (AvgIpc) is 2.36. The first kappa shape index (κ1) is 12.8. The third-order valence-electron chi connectivity index (χ3n) is 1.87. The Morgan fingerprint density at radius 2 is 2.06 bits per heavy atom. The van der Waals surface area contributed by atoms with Crippen LogP contribution in [0.1, 0.15) is 17.3 Å². The molecule has 0 aromatic heterocycles. The molecular formula is C11H7ClN4O. The van der Waals surface area contributed by atoms with E-state index in [1.54, 1.807) is 24.3 Å². The number of rotatable bonds is 3. The molecule has 0 amide bonds. The van der Waals surface area contributed by atoms with Crippen LogP contribution in [-0.2, 0) is 0 Å². The third kappa shape index (κ3) is 3.37. The second kappa shape index (κ2) is 5.20. The molecule has 0 atom stereocenters. The van der Waals surface area contributed by atoms with Gasteiger partial charge in [-0.3, -0.25) is 4.79 Å². The highest BCUT2D eigenvalue weighted by Gasteiger charge is 2.21. The van der Waals surface area contributed by atoms with Gasteiger partial charge in [0.1, 0.15) is 12.1 Å². The van der Waals surface area contributed by atoms with Crippen LogP contribution in [0.4, 0.5) is 5.69 Å². The van der Waals surface area contributed by atoms with E-state index >= 15 is 0 Å². The zero-order valence-electron chi connectivity index (χ0n) is 8.88. The highest BCUT2D eigenvalue weighted by Crippen LogP contribution is 2.18. The SMILES string of the molecule is CC(C#N)(C#N)N=Nc1cccc(C(=O)Cl)c1. The predicted octanol–water partition coefficient (Wildman–Crippen LogP) is 2.96. The first-order chi connectivity index (χ1) is 8.00. The maximum Gasteiger partial charge on any atom is 0.252 e. The van der Waals surface area contributed by atoms with E-state index in [0.29, 0.717) is 5.69 Å². The largest absolute Gasteiger partial charge is 0.276 e. The highest BCUT2D eigenvalue weighted by molar-refractivity contribution is 6.67. The fourth-order valence-corrected chi connectivity index (χ4v) is 1.04. The molecule has 0 aliphatic heterocycles. The van der Waals surface area contributed by atoms with Crippen molar-refractivity contribution in [2.45, 2.75) is 12.5 Å². The normalized spacial score (nSPS) is 10.8. The summed E-state index contributed by atoms with van der Waals surface area (Å²) in [6, 6.07) is 9.57. The summed E-state index contributed by atoms with van der Waals surface area (Å²) in [5.41, 5.74) is -0.895. The summed E-state index contributed by atoms with van der Waals surface area (Å²) in [6.45, 7) is 1.34. The van der Waals surface area contributed by atoms with Gasteiger partial charge in [-0.1, -0.05) is 6.07 Å². The molecule has 0 fully saturated rings. The molecule has 0 spiro atoms. The number of halogens is 1. The Morgan fingerprint density at radius 3 is 2.59 bits per heavy atom. The number of nitrogens with zero attached hydrogens (tertiary/aromatic N) is 4. The Bertz CT molecular complexity index is 539. The molecular weight excluding hydrogens is 240 g/mol. The van der Waals surface area contributed by atoms with Crippen molar-refractivity contribution in [1.29, 1.82) is 10.5 Å². The minimum Gasteiger partial charge on any atom is -0.276 e. The molecule has 0 saturated heterocycles. The van der Waals surface area contributed by atoms with Gasteiger partial charge in [-0.15, -0.1) is 0 Å². The van der Waals surface area contributed by atoms with E-state index in [9.17, 15) is 4.79 Å². The fourth-order valence-electron chi connectivity index (χ4n) is 0.918. The van der Waals surface area contributed by atoms with Gasteiger partial charge in [0, 0.05) is 5.56 Å². The molecule has 84 valence electrons. The molecule has 0 heterocycles. The molecule has 5 nitrogen and oxygen atoms in total. The van der Waals surface area contributed by atoms with Gasteiger partial charge < -0.3 is 0 Å². The molecule has 0 N–H and O–H groups in total. The predicted molar refractivity (Wildman–Crippen MR) is 60.8 cm³/mol. The minimum absolute atomic E-state index is 0.277. The highest BCUT2D eigenvalue weighted by atomic mass is 35.5. The second-order valence-corrected chi connectivity index (χ2v) is 3.66. The summed E-state index contributed by atoms with van der Waals surface area (Å²) in [5, 5.41) is 24.1. The summed E-state index contributed by atoms with van der Waals surface area (Å²) >= 11 is 5.30. The van der Waals surface area contributed by atoms with E-state index in [4.69, 9.17) is 22.1 Å². The van der Waals surface area contributed by atoms with Gasteiger partial charge in [0.2, 0.25) is 5.54 Å². The standard InChI is InChI=1S/C11H7ClN4O/c1-11(6-13,7-14)16-15-9-4-2-3-8(5-9)10(12)17/h2-5H,1H3.